The van der Waals surface area contributed by atoms with E-state index < -0.39 is 24.9 Å². The van der Waals surface area contributed by atoms with Gasteiger partial charge in [-0.25, -0.2) is 5.11 Å². The Morgan fingerprint density at radius 1 is 1.40 bits per heavy atom. The third-order valence-electron chi connectivity index (χ3n) is 0.736. The van der Waals surface area contributed by atoms with Crippen LogP contribution in [0.1, 0.15) is 6.42 Å². The monoisotopic (exact) mass is 146 g/mol. The summed E-state index contributed by atoms with van der Waals surface area (Å²) in [4.78, 5) is 20.2. The molecule has 0 aromatic heterocycles. The highest BCUT2D eigenvalue weighted by Gasteiger charge is 2.04. The lowest BCUT2D eigenvalue weighted by Crippen LogP contribution is -2.27. The van der Waals surface area contributed by atoms with Gasteiger partial charge in [0, 0.05) is 6.54 Å². The van der Waals surface area contributed by atoms with Crippen LogP contribution in [0, 0.1) is 0 Å². The molecule has 0 rings (SSSR count). The fourth-order valence-corrected chi connectivity index (χ4v) is 0.390. The first-order valence-corrected chi connectivity index (χ1v) is 2.73. The molecule has 0 aliphatic heterocycles. The van der Waals surface area contributed by atoms with E-state index in [0.717, 1.165) is 0 Å². The molecule has 5 heteroatoms. The van der Waals surface area contributed by atoms with Gasteiger partial charge in [-0.15, -0.1) is 0 Å². The molecule has 0 heterocycles. The second-order valence-electron chi connectivity index (χ2n) is 1.62. The van der Waals surface area contributed by atoms with Gasteiger partial charge in [0.2, 0.25) is 5.91 Å². The quantitative estimate of drug-likeness (QED) is 0.499. The van der Waals surface area contributed by atoms with Crippen LogP contribution >= 0.6 is 0 Å². The zero-order valence-electron chi connectivity index (χ0n) is 5.29. The van der Waals surface area contributed by atoms with Gasteiger partial charge in [-0.05, 0) is 0 Å². The summed E-state index contributed by atoms with van der Waals surface area (Å²) in [5.41, 5.74) is 0. The Balaban J connectivity index is 3.35. The zero-order chi connectivity index (χ0) is 7.98. The number of hydrogen-bond donors (Lipinski definition) is 2. The van der Waals surface area contributed by atoms with Gasteiger partial charge in [0.05, 0.1) is 6.61 Å². The van der Waals surface area contributed by atoms with Crippen molar-refractivity contribution in [1.29, 1.82) is 0 Å². The molecule has 0 aromatic rings. The minimum absolute atomic E-state index is 0.00782. The Bertz CT molecular complexity index is 134. The van der Waals surface area contributed by atoms with Crippen molar-refractivity contribution in [2.75, 3.05) is 13.2 Å². The van der Waals surface area contributed by atoms with Crippen molar-refractivity contribution in [3.05, 3.63) is 0 Å². The molecular weight excluding hydrogens is 138 g/mol. The Labute approximate surface area is 57.7 Å². The lowest BCUT2D eigenvalue weighted by molar-refractivity contribution is -0.140. The van der Waals surface area contributed by atoms with E-state index in [-0.39, 0.29) is 6.54 Å². The van der Waals surface area contributed by atoms with E-state index in [1.807, 2.05) is 0 Å². The lowest BCUT2D eigenvalue weighted by atomic mass is 10.4. The third-order valence-corrected chi connectivity index (χ3v) is 0.736. The number of aliphatic carboxylic acids is 1. The van der Waals surface area contributed by atoms with Crippen LogP contribution in [0.4, 0.5) is 0 Å². The number of rotatable bonds is 4. The van der Waals surface area contributed by atoms with Gasteiger partial charge in [0.25, 0.3) is 0 Å². The first-order valence-electron chi connectivity index (χ1n) is 2.73. The average Bonchev–Trinajstić information content (AvgIpc) is 1.82. The van der Waals surface area contributed by atoms with E-state index in [1.165, 1.54) is 0 Å². The van der Waals surface area contributed by atoms with Gasteiger partial charge in [-0.2, -0.15) is 0 Å². The summed E-state index contributed by atoms with van der Waals surface area (Å²) >= 11 is 0. The molecule has 0 atom stereocenters. The van der Waals surface area contributed by atoms with Crippen LogP contribution in [0.2, 0.25) is 0 Å². The van der Waals surface area contributed by atoms with Crippen molar-refractivity contribution < 1.29 is 19.8 Å². The highest BCUT2D eigenvalue weighted by molar-refractivity contribution is 5.93. The minimum Gasteiger partial charge on any atom is -0.481 e. The lowest BCUT2D eigenvalue weighted by Gasteiger charge is -1.97. The molecule has 1 amide bonds. The van der Waals surface area contributed by atoms with Crippen LogP contribution in [0.15, 0.2) is 0 Å². The predicted octanol–water partition coefficient (Wildman–Crippen LogP) is -0.992. The fourth-order valence-electron chi connectivity index (χ4n) is 0.390. The van der Waals surface area contributed by atoms with Gasteiger partial charge in [0.1, 0.15) is 6.42 Å². The summed E-state index contributed by atoms with van der Waals surface area (Å²) in [7, 11) is 0. The third kappa shape index (κ3) is 5.04. The number of carbonyl (C=O) groups is 2. The predicted molar refractivity (Wildman–Crippen MR) is 30.8 cm³/mol. The second-order valence-corrected chi connectivity index (χ2v) is 1.62. The van der Waals surface area contributed by atoms with Gasteiger partial charge in [-0.1, -0.05) is 0 Å². The van der Waals surface area contributed by atoms with Crippen molar-refractivity contribution in [3.8, 4) is 0 Å². The van der Waals surface area contributed by atoms with E-state index in [2.05, 4.69) is 5.32 Å². The van der Waals surface area contributed by atoms with Crippen molar-refractivity contribution in [2.24, 2.45) is 0 Å². The Hall–Kier alpha value is -1.10. The van der Waals surface area contributed by atoms with E-state index >= 15 is 0 Å². The summed E-state index contributed by atoms with van der Waals surface area (Å²) in [5, 5.41) is 19.9. The van der Waals surface area contributed by atoms with E-state index in [0.29, 0.717) is 0 Å². The summed E-state index contributed by atoms with van der Waals surface area (Å²) in [6.45, 7) is -0.433. The second kappa shape index (κ2) is 4.75. The standard InChI is InChI=1S/C5H8NO4/c7-2-1-6-4(8)3-5(9)10/h1-3H2,(H,6,8)(H,9,10). The van der Waals surface area contributed by atoms with Crippen LogP contribution < -0.4 is 5.32 Å². The summed E-state index contributed by atoms with van der Waals surface area (Å²) < 4.78 is 0. The zero-order valence-corrected chi connectivity index (χ0v) is 5.29. The number of carbonyl (C=O) groups excluding carboxylic acids is 1. The molecular formula is C5H8NO4. The molecule has 5 nitrogen and oxygen atoms in total. The summed E-state index contributed by atoms with van der Waals surface area (Å²) in [6.07, 6.45) is -0.569. The first kappa shape index (κ1) is 8.90. The smallest absolute Gasteiger partial charge is 0.312 e. The maximum Gasteiger partial charge on any atom is 0.312 e. The van der Waals surface area contributed by atoms with Gasteiger partial charge < -0.3 is 10.4 Å². The number of amides is 1. The van der Waals surface area contributed by atoms with E-state index in [1.54, 1.807) is 0 Å². The Kier molecular flexibility index (Phi) is 4.23. The van der Waals surface area contributed by atoms with Crippen molar-refractivity contribution >= 4 is 11.9 Å². The first-order chi connectivity index (χ1) is 4.66. The van der Waals surface area contributed by atoms with Crippen molar-refractivity contribution in [2.45, 2.75) is 6.42 Å². The molecule has 57 valence electrons. The van der Waals surface area contributed by atoms with Crippen molar-refractivity contribution in [3.63, 3.8) is 0 Å². The molecule has 0 saturated heterocycles. The Morgan fingerprint density at radius 3 is 2.40 bits per heavy atom. The van der Waals surface area contributed by atoms with Crippen LogP contribution in [0.3, 0.4) is 0 Å². The fraction of sp³-hybridized carbons (Fsp3) is 0.600. The van der Waals surface area contributed by atoms with Crippen molar-refractivity contribution in [1.82, 2.24) is 5.32 Å². The van der Waals surface area contributed by atoms with Gasteiger partial charge >= 0.3 is 5.97 Å². The number of carboxylic acids is 1. The van der Waals surface area contributed by atoms with Gasteiger partial charge in [0.15, 0.2) is 0 Å². The minimum atomic E-state index is -1.19. The molecule has 0 fully saturated rings. The number of carboxylic acid groups (broad SMARTS) is 1. The highest BCUT2D eigenvalue weighted by atomic mass is 16.4. The molecule has 0 aliphatic carbocycles. The van der Waals surface area contributed by atoms with Gasteiger partial charge in [-0.3, -0.25) is 9.59 Å². The number of nitrogens with one attached hydrogen (secondary N) is 1. The summed E-state index contributed by atoms with van der Waals surface area (Å²) in [5.74, 6) is -1.81. The SMILES string of the molecule is [O]CCNC(=O)CC(=O)O. The largest absolute Gasteiger partial charge is 0.481 e. The molecule has 0 unspecified atom stereocenters. The molecule has 0 aliphatic rings. The normalized spacial score (nSPS) is 8.90. The van der Waals surface area contributed by atoms with E-state index in [4.69, 9.17) is 5.11 Å². The summed E-state index contributed by atoms with van der Waals surface area (Å²) in [6, 6.07) is 0. The maximum atomic E-state index is 10.4. The Morgan fingerprint density at radius 2 is 2.00 bits per heavy atom. The maximum absolute atomic E-state index is 10.4. The van der Waals surface area contributed by atoms with Crippen LogP contribution in [-0.4, -0.2) is 30.1 Å². The van der Waals surface area contributed by atoms with Crippen LogP contribution in [0.25, 0.3) is 0 Å². The molecule has 2 N–H and O–H groups in total. The molecule has 0 spiro atoms. The molecule has 1 radical (unpaired) electrons. The topological polar surface area (TPSA) is 86.3 Å². The molecule has 0 saturated carbocycles. The number of hydrogen-bond acceptors (Lipinski definition) is 2. The van der Waals surface area contributed by atoms with Crippen LogP contribution in [0.5, 0.6) is 0 Å². The highest BCUT2D eigenvalue weighted by Crippen LogP contribution is 1.77. The molecule has 0 bridgehead atoms. The van der Waals surface area contributed by atoms with E-state index in [9.17, 15) is 14.7 Å². The van der Waals surface area contributed by atoms with Crippen LogP contribution in [-0.2, 0) is 14.7 Å². The average molecular weight is 146 g/mol. The molecule has 10 heavy (non-hydrogen) atoms. The molecule has 0 aromatic carbocycles.